The van der Waals surface area contributed by atoms with Crippen LogP contribution < -0.4 is 0 Å². The van der Waals surface area contributed by atoms with E-state index in [1.807, 2.05) is 5.94 Å². The molecule has 58 valence electrons. The van der Waals surface area contributed by atoms with E-state index in [9.17, 15) is 4.79 Å². The van der Waals surface area contributed by atoms with Gasteiger partial charge in [0.15, 0.2) is 0 Å². The lowest BCUT2D eigenvalue weighted by atomic mass is 9.85. The molecule has 1 nitrogen and oxygen atoms in total. The highest BCUT2D eigenvalue weighted by Gasteiger charge is 2.15. The molecule has 11 heavy (non-hydrogen) atoms. The lowest BCUT2D eigenvalue weighted by Gasteiger charge is -2.19. The van der Waals surface area contributed by atoms with Gasteiger partial charge in [0, 0.05) is 12.0 Å². The Bertz CT molecular complexity index is 206. The predicted molar refractivity (Wildman–Crippen MR) is 44.6 cm³/mol. The number of carbonyl (C=O) groups excluding carboxylic acids is 1. The lowest BCUT2D eigenvalue weighted by molar-refractivity contribution is 0.418. The van der Waals surface area contributed by atoms with Gasteiger partial charge in [-0.25, -0.2) is 4.79 Å². The summed E-state index contributed by atoms with van der Waals surface area (Å²) in [7, 11) is 0. The third kappa shape index (κ3) is 2.26. The fourth-order valence-electron chi connectivity index (χ4n) is 1.50. The number of allylic oxidation sites excluding steroid dienone is 1. The van der Waals surface area contributed by atoms with E-state index in [1.165, 1.54) is 0 Å². The van der Waals surface area contributed by atoms with Gasteiger partial charge in [-0.2, -0.15) is 0 Å². The molecule has 0 atom stereocenters. The van der Waals surface area contributed by atoms with Crippen LogP contribution in [-0.2, 0) is 4.79 Å². The van der Waals surface area contributed by atoms with Crippen molar-refractivity contribution in [3.8, 4) is 12.3 Å². The average molecular weight is 148 g/mol. The van der Waals surface area contributed by atoms with Crippen LogP contribution in [-0.4, -0.2) is 5.94 Å². The maximum absolute atomic E-state index is 10.2. The van der Waals surface area contributed by atoms with Crippen LogP contribution in [0.4, 0.5) is 0 Å². The van der Waals surface area contributed by atoms with Crippen LogP contribution in [0.15, 0.2) is 5.57 Å². The Balaban J connectivity index is 2.37. The second kappa shape index (κ2) is 4.01. The quantitative estimate of drug-likeness (QED) is 0.410. The van der Waals surface area contributed by atoms with Gasteiger partial charge in [-0.05, 0) is 31.6 Å². The van der Waals surface area contributed by atoms with Crippen molar-refractivity contribution in [2.75, 3.05) is 0 Å². The zero-order valence-electron chi connectivity index (χ0n) is 6.60. The van der Waals surface area contributed by atoms with Crippen LogP contribution in [0.3, 0.4) is 0 Å². The van der Waals surface area contributed by atoms with Crippen LogP contribution in [0.5, 0.6) is 0 Å². The highest BCUT2D eigenvalue weighted by Crippen LogP contribution is 2.28. The second-order valence-electron chi connectivity index (χ2n) is 3.06. The van der Waals surface area contributed by atoms with Crippen LogP contribution in [0, 0.1) is 18.3 Å². The maximum Gasteiger partial charge on any atom is 0.123 e. The minimum Gasteiger partial charge on any atom is -0.234 e. The molecule has 1 fully saturated rings. The average Bonchev–Trinajstić information content (AvgIpc) is 2.07. The summed E-state index contributed by atoms with van der Waals surface area (Å²) in [4.78, 5) is 10.2. The Labute approximate surface area is 67.5 Å². The van der Waals surface area contributed by atoms with Gasteiger partial charge in [-0.1, -0.05) is 0 Å². The van der Waals surface area contributed by atoms with Crippen molar-refractivity contribution >= 4 is 5.94 Å². The van der Waals surface area contributed by atoms with E-state index >= 15 is 0 Å². The zero-order valence-corrected chi connectivity index (χ0v) is 6.60. The standard InChI is InChI=1S/C10H12O/c1-2-3-9-4-6-10(8-11)7-5-9/h1,9H,3-7H2. The van der Waals surface area contributed by atoms with Crippen molar-refractivity contribution in [1.29, 1.82) is 0 Å². The summed E-state index contributed by atoms with van der Waals surface area (Å²) in [6.07, 6.45) is 10.0. The smallest absolute Gasteiger partial charge is 0.123 e. The molecule has 1 heteroatoms. The molecule has 0 unspecified atom stereocenters. The number of hydrogen-bond donors (Lipinski definition) is 0. The molecule has 1 aliphatic rings. The zero-order chi connectivity index (χ0) is 8.10. The summed E-state index contributed by atoms with van der Waals surface area (Å²) in [5.41, 5.74) is 0.943. The van der Waals surface area contributed by atoms with Crippen molar-refractivity contribution in [3.63, 3.8) is 0 Å². The maximum atomic E-state index is 10.2. The molecule has 0 radical (unpaired) electrons. The minimum absolute atomic E-state index is 0.650. The first-order valence-corrected chi connectivity index (χ1v) is 4.03. The van der Waals surface area contributed by atoms with Gasteiger partial charge in [0.1, 0.15) is 5.94 Å². The number of terminal acetylenes is 1. The number of hydrogen-bond acceptors (Lipinski definition) is 1. The topological polar surface area (TPSA) is 17.1 Å². The van der Waals surface area contributed by atoms with Crippen molar-refractivity contribution in [1.82, 2.24) is 0 Å². The lowest BCUT2D eigenvalue weighted by Crippen LogP contribution is -2.07. The summed E-state index contributed by atoms with van der Waals surface area (Å²) in [5, 5.41) is 0. The molecule has 0 heterocycles. The molecule has 0 aliphatic heterocycles. The van der Waals surface area contributed by atoms with Gasteiger partial charge >= 0.3 is 0 Å². The van der Waals surface area contributed by atoms with E-state index in [-0.39, 0.29) is 0 Å². The first-order valence-electron chi connectivity index (χ1n) is 4.03. The minimum atomic E-state index is 0.650. The molecular weight excluding hydrogens is 136 g/mol. The molecule has 0 spiro atoms. The normalized spacial score (nSPS) is 23.9. The fourth-order valence-corrected chi connectivity index (χ4v) is 1.50. The van der Waals surface area contributed by atoms with Gasteiger partial charge in [0.2, 0.25) is 0 Å². The van der Waals surface area contributed by atoms with Gasteiger partial charge in [0.25, 0.3) is 0 Å². The van der Waals surface area contributed by atoms with Gasteiger partial charge in [-0.3, -0.25) is 0 Å². The van der Waals surface area contributed by atoms with Crippen molar-refractivity contribution in [3.05, 3.63) is 5.57 Å². The molecule has 1 saturated carbocycles. The van der Waals surface area contributed by atoms with Crippen LogP contribution in [0.25, 0.3) is 0 Å². The van der Waals surface area contributed by atoms with Crippen LogP contribution in [0.1, 0.15) is 32.1 Å². The van der Waals surface area contributed by atoms with E-state index in [1.54, 1.807) is 0 Å². The first-order chi connectivity index (χ1) is 5.36. The van der Waals surface area contributed by atoms with Crippen molar-refractivity contribution < 1.29 is 4.79 Å². The summed E-state index contributed by atoms with van der Waals surface area (Å²) < 4.78 is 0. The highest BCUT2D eigenvalue weighted by atomic mass is 16.1. The van der Waals surface area contributed by atoms with Crippen LogP contribution in [0.2, 0.25) is 0 Å². The monoisotopic (exact) mass is 148 g/mol. The molecule has 0 aromatic rings. The fraction of sp³-hybridized carbons (Fsp3) is 0.600. The molecular formula is C10H12O. The molecule has 0 bridgehead atoms. The van der Waals surface area contributed by atoms with E-state index in [4.69, 9.17) is 6.42 Å². The van der Waals surface area contributed by atoms with Gasteiger partial charge in [-0.15, -0.1) is 12.3 Å². The summed E-state index contributed by atoms with van der Waals surface area (Å²) in [6, 6.07) is 0. The molecule has 0 aromatic carbocycles. The predicted octanol–water partition coefficient (Wildman–Crippen LogP) is 1.96. The van der Waals surface area contributed by atoms with Gasteiger partial charge in [0.05, 0.1) is 0 Å². The Hall–Kier alpha value is -0.990. The third-order valence-electron chi connectivity index (χ3n) is 2.26. The number of rotatable bonds is 1. The van der Waals surface area contributed by atoms with E-state index < -0.39 is 0 Å². The molecule has 0 amide bonds. The summed E-state index contributed by atoms with van der Waals surface area (Å²) in [6.45, 7) is 0. The molecule has 1 aliphatic carbocycles. The highest BCUT2D eigenvalue weighted by molar-refractivity contribution is 5.52. The summed E-state index contributed by atoms with van der Waals surface area (Å²) in [5.74, 6) is 5.29. The molecule has 0 aromatic heterocycles. The molecule has 0 saturated heterocycles. The van der Waals surface area contributed by atoms with Crippen molar-refractivity contribution in [2.24, 2.45) is 5.92 Å². The van der Waals surface area contributed by atoms with E-state index in [0.717, 1.165) is 37.7 Å². The Morgan fingerprint density at radius 2 is 2.09 bits per heavy atom. The summed E-state index contributed by atoms with van der Waals surface area (Å²) >= 11 is 0. The second-order valence-corrected chi connectivity index (χ2v) is 3.06. The molecule has 0 N–H and O–H groups in total. The van der Waals surface area contributed by atoms with Gasteiger partial charge < -0.3 is 0 Å². The van der Waals surface area contributed by atoms with E-state index in [2.05, 4.69) is 5.92 Å². The van der Waals surface area contributed by atoms with Crippen molar-refractivity contribution in [2.45, 2.75) is 32.1 Å². The third-order valence-corrected chi connectivity index (χ3v) is 2.26. The Morgan fingerprint density at radius 1 is 1.45 bits per heavy atom. The largest absolute Gasteiger partial charge is 0.234 e. The Kier molecular flexibility index (Phi) is 2.95. The first kappa shape index (κ1) is 8.11. The Morgan fingerprint density at radius 3 is 2.55 bits per heavy atom. The van der Waals surface area contributed by atoms with Crippen LogP contribution >= 0.6 is 0 Å². The van der Waals surface area contributed by atoms with E-state index in [0.29, 0.717) is 5.92 Å². The SMILES string of the molecule is C#CCC1CCC(=C=O)CC1. The molecule has 1 rings (SSSR count).